The summed E-state index contributed by atoms with van der Waals surface area (Å²) in [5, 5.41) is 16.7. The summed E-state index contributed by atoms with van der Waals surface area (Å²) in [6.07, 6.45) is 2.09. The van der Waals surface area contributed by atoms with E-state index in [-0.39, 0.29) is 42.6 Å². The summed E-state index contributed by atoms with van der Waals surface area (Å²) in [6, 6.07) is 18.6. The van der Waals surface area contributed by atoms with Gasteiger partial charge in [-0.25, -0.2) is 8.91 Å². The Morgan fingerprint density at radius 3 is 2.52 bits per heavy atom. The lowest BCUT2D eigenvalue weighted by molar-refractivity contribution is 0.0729. The van der Waals surface area contributed by atoms with E-state index < -0.39 is 0 Å². The number of nitrogens with zero attached hydrogens (tertiary/aromatic N) is 5. The second-order valence-corrected chi connectivity index (χ2v) is 11.5. The maximum absolute atomic E-state index is 15.0. The first-order chi connectivity index (χ1) is 21.2. The smallest absolute Gasteiger partial charge is 0.261 e. The van der Waals surface area contributed by atoms with Crippen LogP contribution < -0.4 is 10.9 Å². The summed E-state index contributed by atoms with van der Waals surface area (Å²) in [4.78, 5) is 41.5. The van der Waals surface area contributed by atoms with E-state index in [0.717, 1.165) is 5.56 Å². The van der Waals surface area contributed by atoms with Gasteiger partial charge < -0.3 is 10.2 Å². The van der Waals surface area contributed by atoms with Crippen LogP contribution in [0.25, 0.3) is 11.3 Å². The molecule has 0 fully saturated rings. The van der Waals surface area contributed by atoms with E-state index in [9.17, 15) is 24.0 Å². The van der Waals surface area contributed by atoms with Crippen LogP contribution in [0.4, 0.5) is 4.39 Å². The second-order valence-electron chi connectivity index (χ2n) is 10.7. The molecule has 3 aromatic carbocycles. The molecule has 0 saturated heterocycles. The van der Waals surface area contributed by atoms with Gasteiger partial charge in [-0.15, -0.1) is 0 Å². The minimum Gasteiger partial charge on any atom is -0.355 e. The Bertz CT molecular complexity index is 2080. The van der Waals surface area contributed by atoms with Crippen LogP contribution in [0.15, 0.2) is 76.1 Å². The van der Waals surface area contributed by atoms with Crippen molar-refractivity contribution in [1.82, 2.24) is 24.4 Å². The van der Waals surface area contributed by atoms with Crippen LogP contribution in [0.2, 0.25) is 0 Å². The van der Waals surface area contributed by atoms with Crippen molar-refractivity contribution in [2.24, 2.45) is 0 Å². The fraction of sp³-hybridized carbons (Fsp3) is 0.182. The summed E-state index contributed by atoms with van der Waals surface area (Å²) in [6.45, 7) is 2.23. The number of aromatic nitrogens is 3. The normalized spacial score (nSPS) is 12.6. The highest BCUT2D eigenvalue weighted by atomic mass is 79.9. The maximum Gasteiger partial charge on any atom is 0.261 e. The number of hydrogen-bond donors (Lipinski definition) is 1. The highest BCUT2D eigenvalue weighted by Crippen LogP contribution is 2.27. The zero-order valence-corrected chi connectivity index (χ0v) is 25.5. The Kier molecular flexibility index (Phi) is 7.61. The van der Waals surface area contributed by atoms with Crippen LogP contribution in [0.3, 0.4) is 0 Å². The van der Waals surface area contributed by atoms with E-state index in [1.807, 2.05) is 13.0 Å². The summed E-state index contributed by atoms with van der Waals surface area (Å²) in [5.74, 6) is -0.873. The molecule has 9 nitrogen and oxygen atoms in total. The molecule has 0 radical (unpaired) electrons. The van der Waals surface area contributed by atoms with Gasteiger partial charge in [-0.05, 0) is 88.9 Å². The first-order valence-corrected chi connectivity index (χ1v) is 14.7. The fourth-order valence-corrected chi connectivity index (χ4v) is 5.92. The van der Waals surface area contributed by atoms with Crippen LogP contribution in [-0.2, 0) is 19.4 Å². The SMILES string of the molecule is CNC(=O)c1ccc(-n2c(=O)c3c(n4ncc(Cc5ccc(C)cc5F)c24)CN(C(=O)c2ccc(Br)c(C#N)c2)CC3)cc1. The molecule has 1 aliphatic rings. The molecule has 2 amide bonds. The number of rotatable bonds is 5. The van der Waals surface area contributed by atoms with Gasteiger partial charge in [0.1, 0.15) is 17.5 Å². The summed E-state index contributed by atoms with van der Waals surface area (Å²) in [5.41, 5.74) is 4.82. The van der Waals surface area contributed by atoms with Gasteiger partial charge in [-0.1, -0.05) is 12.1 Å². The highest BCUT2D eigenvalue weighted by Gasteiger charge is 2.29. The van der Waals surface area contributed by atoms with Crippen molar-refractivity contribution in [1.29, 1.82) is 5.26 Å². The molecule has 1 N–H and O–H groups in total. The predicted molar refractivity (Wildman–Crippen MR) is 165 cm³/mol. The van der Waals surface area contributed by atoms with Gasteiger partial charge >= 0.3 is 0 Å². The molecule has 0 aliphatic carbocycles. The largest absolute Gasteiger partial charge is 0.355 e. The molecular formula is C33H26BrFN6O3. The molecule has 44 heavy (non-hydrogen) atoms. The Morgan fingerprint density at radius 2 is 1.82 bits per heavy atom. The minimum absolute atomic E-state index is 0.119. The van der Waals surface area contributed by atoms with Crippen molar-refractivity contribution in [3.05, 3.63) is 132 Å². The third kappa shape index (κ3) is 5.07. The molecule has 3 heterocycles. The van der Waals surface area contributed by atoms with E-state index >= 15 is 0 Å². The predicted octanol–water partition coefficient (Wildman–Crippen LogP) is 4.72. The number of amides is 2. The molecule has 0 unspecified atom stereocenters. The quantitative estimate of drug-likeness (QED) is 0.295. The third-order valence-corrected chi connectivity index (χ3v) is 8.58. The number of nitrogens with one attached hydrogen (secondary N) is 1. The molecule has 0 saturated carbocycles. The first-order valence-electron chi connectivity index (χ1n) is 13.9. The molecule has 11 heteroatoms. The average Bonchev–Trinajstić information content (AvgIpc) is 3.45. The van der Waals surface area contributed by atoms with E-state index in [2.05, 4.69) is 32.4 Å². The Morgan fingerprint density at radius 1 is 1.07 bits per heavy atom. The topological polar surface area (TPSA) is 112 Å². The molecule has 5 aromatic rings. The Hall–Kier alpha value is -5.08. The van der Waals surface area contributed by atoms with E-state index in [4.69, 9.17) is 0 Å². The van der Waals surface area contributed by atoms with Crippen molar-refractivity contribution in [2.75, 3.05) is 13.6 Å². The van der Waals surface area contributed by atoms with Crippen molar-refractivity contribution >= 4 is 33.4 Å². The van der Waals surface area contributed by atoms with Crippen LogP contribution in [-0.4, -0.2) is 44.5 Å². The lowest BCUT2D eigenvalue weighted by Crippen LogP contribution is -2.41. The van der Waals surface area contributed by atoms with Crippen LogP contribution in [0, 0.1) is 24.1 Å². The second kappa shape index (κ2) is 11.5. The molecule has 0 bridgehead atoms. The van der Waals surface area contributed by atoms with Gasteiger partial charge in [-0.3, -0.25) is 19.0 Å². The van der Waals surface area contributed by atoms with Crippen molar-refractivity contribution in [2.45, 2.75) is 26.3 Å². The van der Waals surface area contributed by atoms with Crippen LogP contribution in [0.5, 0.6) is 0 Å². The molecule has 1 aliphatic heterocycles. The maximum atomic E-state index is 15.0. The van der Waals surface area contributed by atoms with E-state index in [1.165, 1.54) is 6.07 Å². The van der Waals surface area contributed by atoms with Crippen molar-refractivity contribution in [3.8, 4) is 11.8 Å². The van der Waals surface area contributed by atoms with Gasteiger partial charge in [0.25, 0.3) is 17.4 Å². The van der Waals surface area contributed by atoms with Gasteiger partial charge in [-0.2, -0.15) is 10.4 Å². The first kappa shape index (κ1) is 29.0. The molecule has 0 atom stereocenters. The van der Waals surface area contributed by atoms with Crippen molar-refractivity contribution < 1.29 is 14.0 Å². The standard InChI is InChI=1S/C33H26BrFN6O3/c1-19-3-4-21(28(35)13-19)14-24-17-38-41-29-18-39(32(43)22-7-10-27(34)23(15-22)16-36)12-11-26(29)33(44)40(31(24)41)25-8-5-20(6-9-25)30(42)37-2/h3-10,13,15,17H,11-12,14,18H2,1-2H3,(H,37,42). The summed E-state index contributed by atoms with van der Waals surface area (Å²) < 4.78 is 18.8. The number of halogens is 2. The van der Waals surface area contributed by atoms with E-state index in [1.54, 1.807) is 75.8 Å². The van der Waals surface area contributed by atoms with Crippen LogP contribution in [0.1, 0.15) is 54.2 Å². The lowest BCUT2D eigenvalue weighted by atomic mass is 10.0. The minimum atomic E-state index is -0.353. The number of nitriles is 1. The summed E-state index contributed by atoms with van der Waals surface area (Å²) in [7, 11) is 1.55. The Balaban J connectivity index is 1.49. The zero-order chi connectivity index (χ0) is 31.1. The average molecular weight is 654 g/mol. The number of carbonyl (C=O) groups is 2. The van der Waals surface area contributed by atoms with E-state index in [0.29, 0.717) is 61.4 Å². The van der Waals surface area contributed by atoms with Crippen LogP contribution >= 0.6 is 15.9 Å². The number of carbonyl (C=O) groups excluding carboxylic acids is 2. The highest BCUT2D eigenvalue weighted by molar-refractivity contribution is 9.10. The zero-order valence-electron chi connectivity index (χ0n) is 23.9. The van der Waals surface area contributed by atoms with Gasteiger partial charge in [0.05, 0.1) is 29.7 Å². The third-order valence-electron chi connectivity index (χ3n) is 7.89. The summed E-state index contributed by atoms with van der Waals surface area (Å²) >= 11 is 3.33. The molecule has 0 spiro atoms. The molecule has 6 rings (SSSR count). The monoisotopic (exact) mass is 652 g/mol. The lowest BCUT2D eigenvalue weighted by Gasteiger charge is -2.30. The van der Waals surface area contributed by atoms with Crippen molar-refractivity contribution in [3.63, 3.8) is 0 Å². The van der Waals surface area contributed by atoms with Gasteiger partial charge in [0.15, 0.2) is 0 Å². The molecule has 220 valence electrons. The van der Waals surface area contributed by atoms with Gasteiger partial charge in [0.2, 0.25) is 0 Å². The van der Waals surface area contributed by atoms with Gasteiger partial charge in [0, 0.05) is 46.7 Å². The number of hydrogen-bond acceptors (Lipinski definition) is 5. The number of fused-ring (bicyclic) bond motifs is 3. The Labute approximate surface area is 260 Å². The fourth-order valence-electron chi connectivity index (χ4n) is 5.59. The number of benzene rings is 3. The molecular weight excluding hydrogens is 627 g/mol. The number of aryl methyl sites for hydroxylation is 1. The molecule has 2 aromatic heterocycles.